The highest BCUT2D eigenvalue weighted by Crippen LogP contribution is 2.22. The van der Waals surface area contributed by atoms with Gasteiger partial charge in [0, 0.05) is 6.61 Å². The van der Waals surface area contributed by atoms with Crippen molar-refractivity contribution in [3.05, 3.63) is 11.6 Å². The summed E-state index contributed by atoms with van der Waals surface area (Å²) in [6.07, 6.45) is 7.86. The van der Waals surface area contributed by atoms with Crippen LogP contribution in [-0.2, 0) is 0 Å². The Balaban J connectivity index is 3.73. The van der Waals surface area contributed by atoms with Gasteiger partial charge in [-0.25, -0.2) is 0 Å². The quantitative estimate of drug-likeness (QED) is 0.606. The second kappa shape index (κ2) is 8.71. The molecule has 0 aliphatic heterocycles. The molecule has 0 aliphatic rings. The van der Waals surface area contributed by atoms with Gasteiger partial charge < -0.3 is 10.2 Å². The molecule has 0 radical (unpaired) electrons. The van der Waals surface area contributed by atoms with E-state index in [1.54, 1.807) is 0 Å². The molecule has 2 atom stereocenters. The highest BCUT2D eigenvalue weighted by Gasteiger charge is 2.19. The molecule has 0 saturated heterocycles. The number of hydrogen-bond donors (Lipinski definition) is 2. The maximum atomic E-state index is 10.2. The van der Waals surface area contributed by atoms with Crippen molar-refractivity contribution in [2.45, 2.75) is 71.8 Å². The molecular formula is C15H30O2. The third kappa shape index (κ3) is 10.5. The number of allylic oxidation sites excluding steroid dienone is 2. The van der Waals surface area contributed by atoms with Crippen molar-refractivity contribution in [2.75, 3.05) is 6.61 Å². The van der Waals surface area contributed by atoms with Crippen molar-refractivity contribution in [1.82, 2.24) is 0 Å². The van der Waals surface area contributed by atoms with Crippen LogP contribution in [-0.4, -0.2) is 22.4 Å². The van der Waals surface area contributed by atoms with E-state index in [1.165, 1.54) is 5.57 Å². The van der Waals surface area contributed by atoms with E-state index in [0.29, 0.717) is 5.92 Å². The fourth-order valence-corrected chi connectivity index (χ4v) is 1.99. The van der Waals surface area contributed by atoms with Crippen LogP contribution in [0.3, 0.4) is 0 Å². The molecule has 0 aromatic carbocycles. The van der Waals surface area contributed by atoms with Crippen LogP contribution >= 0.6 is 0 Å². The largest absolute Gasteiger partial charge is 0.396 e. The topological polar surface area (TPSA) is 40.5 Å². The fraction of sp³-hybridized carbons (Fsp3) is 0.867. The molecule has 0 amide bonds. The van der Waals surface area contributed by atoms with E-state index in [4.69, 9.17) is 5.11 Å². The molecule has 2 heteroatoms. The standard InChI is InChI=1S/C15H30O2/c1-13(2)7-5-10-15(4,17)11-6-8-14(3)9-12-16/h7,14,16-17H,5-6,8-12H2,1-4H3. The summed E-state index contributed by atoms with van der Waals surface area (Å²) in [4.78, 5) is 0. The highest BCUT2D eigenvalue weighted by molar-refractivity contribution is 4.94. The van der Waals surface area contributed by atoms with Crippen LogP contribution in [0.2, 0.25) is 0 Å². The lowest BCUT2D eigenvalue weighted by Gasteiger charge is -2.23. The second-order valence-electron chi connectivity index (χ2n) is 5.83. The molecule has 0 aliphatic carbocycles. The summed E-state index contributed by atoms with van der Waals surface area (Å²) < 4.78 is 0. The molecule has 0 rings (SSSR count). The summed E-state index contributed by atoms with van der Waals surface area (Å²) in [5, 5.41) is 19.0. The van der Waals surface area contributed by atoms with Crippen LogP contribution in [0.1, 0.15) is 66.2 Å². The average molecular weight is 242 g/mol. The molecule has 0 bridgehead atoms. The number of aliphatic hydroxyl groups excluding tert-OH is 1. The summed E-state index contributed by atoms with van der Waals surface area (Å²) >= 11 is 0. The monoisotopic (exact) mass is 242 g/mol. The van der Waals surface area contributed by atoms with Crippen LogP contribution in [0.5, 0.6) is 0 Å². The van der Waals surface area contributed by atoms with Gasteiger partial charge in [-0.15, -0.1) is 0 Å². The van der Waals surface area contributed by atoms with Crippen molar-refractivity contribution in [3.63, 3.8) is 0 Å². The predicted octanol–water partition coefficient (Wildman–Crippen LogP) is 3.67. The summed E-state index contributed by atoms with van der Waals surface area (Å²) in [7, 11) is 0. The van der Waals surface area contributed by atoms with Crippen molar-refractivity contribution < 1.29 is 10.2 Å². The zero-order valence-electron chi connectivity index (χ0n) is 12.0. The first-order valence-corrected chi connectivity index (χ1v) is 6.84. The smallest absolute Gasteiger partial charge is 0.0622 e. The molecule has 2 nitrogen and oxygen atoms in total. The van der Waals surface area contributed by atoms with E-state index >= 15 is 0 Å². The molecule has 0 heterocycles. The SMILES string of the molecule is CC(C)=CCCC(C)(O)CCCC(C)CCO. The van der Waals surface area contributed by atoms with Gasteiger partial charge in [0.2, 0.25) is 0 Å². The van der Waals surface area contributed by atoms with Crippen LogP contribution in [0.25, 0.3) is 0 Å². The first-order valence-electron chi connectivity index (χ1n) is 6.84. The second-order valence-corrected chi connectivity index (χ2v) is 5.83. The Labute approximate surface area is 107 Å². The highest BCUT2D eigenvalue weighted by atomic mass is 16.3. The van der Waals surface area contributed by atoms with E-state index in [-0.39, 0.29) is 6.61 Å². The van der Waals surface area contributed by atoms with Crippen molar-refractivity contribution >= 4 is 0 Å². The summed E-state index contributed by atoms with van der Waals surface area (Å²) in [6.45, 7) is 8.55. The molecule has 0 spiro atoms. The number of aliphatic hydroxyl groups is 2. The maximum Gasteiger partial charge on any atom is 0.0622 e. The first-order chi connectivity index (χ1) is 7.87. The van der Waals surface area contributed by atoms with Gasteiger partial charge in [0.25, 0.3) is 0 Å². The van der Waals surface area contributed by atoms with Crippen LogP contribution in [0.4, 0.5) is 0 Å². The lowest BCUT2D eigenvalue weighted by atomic mass is 9.90. The zero-order valence-corrected chi connectivity index (χ0v) is 12.0. The van der Waals surface area contributed by atoms with Crippen molar-refractivity contribution in [1.29, 1.82) is 0 Å². The van der Waals surface area contributed by atoms with Crippen LogP contribution in [0.15, 0.2) is 11.6 Å². The van der Waals surface area contributed by atoms with Gasteiger partial charge in [0.05, 0.1) is 5.60 Å². The molecule has 2 N–H and O–H groups in total. The Morgan fingerprint density at radius 1 is 1.24 bits per heavy atom. The third-order valence-electron chi connectivity index (χ3n) is 3.27. The molecule has 0 aromatic rings. The molecule has 2 unspecified atom stereocenters. The van der Waals surface area contributed by atoms with Gasteiger partial charge in [-0.1, -0.05) is 31.4 Å². The van der Waals surface area contributed by atoms with Crippen molar-refractivity contribution in [3.8, 4) is 0 Å². The molecule has 0 saturated carbocycles. The van der Waals surface area contributed by atoms with Crippen LogP contribution in [0, 0.1) is 5.92 Å². The van der Waals surface area contributed by atoms with Gasteiger partial charge in [-0.2, -0.15) is 0 Å². The normalized spacial score (nSPS) is 16.4. The van der Waals surface area contributed by atoms with E-state index in [1.807, 2.05) is 6.92 Å². The minimum atomic E-state index is -0.537. The lowest BCUT2D eigenvalue weighted by molar-refractivity contribution is 0.0391. The first kappa shape index (κ1) is 16.7. The Hall–Kier alpha value is -0.340. The fourth-order valence-electron chi connectivity index (χ4n) is 1.99. The summed E-state index contributed by atoms with van der Waals surface area (Å²) in [5.74, 6) is 0.564. The van der Waals surface area contributed by atoms with E-state index in [0.717, 1.165) is 38.5 Å². The van der Waals surface area contributed by atoms with E-state index in [9.17, 15) is 5.11 Å². The molecule has 102 valence electrons. The predicted molar refractivity (Wildman–Crippen MR) is 74.0 cm³/mol. The minimum Gasteiger partial charge on any atom is -0.396 e. The van der Waals surface area contributed by atoms with Gasteiger partial charge >= 0.3 is 0 Å². The summed E-state index contributed by atoms with van der Waals surface area (Å²) in [5.41, 5.74) is 0.780. The van der Waals surface area contributed by atoms with E-state index in [2.05, 4.69) is 26.8 Å². The van der Waals surface area contributed by atoms with Gasteiger partial charge in [-0.3, -0.25) is 0 Å². The Morgan fingerprint density at radius 2 is 1.88 bits per heavy atom. The number of hydrogen-bond acceptors (Lipinski definition) is 2. The van der Waals surface area contributed by atoms with Gasteiger partial charge in [-0.05, 0) is 52.4 Å². The van der Waals surface area contributed by atoms with E-state index < -0.39 is 5.60 Å². The zero-order chi connectivity index (χ0) is 13.3. The average Bonchev–Trinajstić information content (AvgIpc) is 2.16. The Morgan fingerprint density at radius 3 is 2.41 bits per heavy atom. The molecular weight excluding hydrogens is 212 g/mol. The van der Waals surface area contributed by atoms with Crippen molar-refractivity contribution in [2.24, 2.45) is 5.92 Å². The molecule has 0 fully saturated rings. The van der Waals surface area contributed by atoms with Gasteiger partial charge in [0.15, 0.2) is 0 Å². The Kier molecular flexibility index (Phi) is 8.53. The molecule has 0 aromatic heterocycles. The minimum absolute atomic E-state index is 0.276. The lowest BCUT2D eigenvalue weighted by Crippen LogP contribution is -2.23. The third-order valence-corrected chi connectivity index (χ3v) is 3.27. The van der Waals surface area contributed by atoms with Crippen LogP contribution < -0.4 is 0 Å². The summed E-state index contributed by atoms with van der Waals surface area (Å²) in [6, 6.07) is 0. The Bertz CT molecular complexity index is 215. The maximum absolute atomic E-state index is 10.2. The van der Waals surface area contributed by atoms with Gasteiger partial charge in [0.1, 0.15) is 0 Å². The number of rotatable bonds is 9. The molecule has 17 heavy (non-hydrogen) atoms.